The third-order valence-electron chi connectivity index (χ3n) is 3.17. The maximum Gasteiger partial charge on any atom is 0.0399 e. The van der Waals surface area contributed by atoms with Crippen molar-refractivity contribution >= 4 is 0 Å². The number of hydrogen-bond donors (Lipinski definition) is 0. The van der Waals surface area contributed by atoms with Crippen LogP contribution in [0.4, 0.5) is 0 Å². The molecule has 0 aliphatic heterocycles. The van der Waals surface area contributed by atoms with E-state index in [9.17, 15) is 0 Å². The molecule has 1 unspecified atom stereocenters. The van der Waals surface area contributed by atoms with E-state index in [1.54, 1.807) is 0 Å². The predicted octanol–water partition coefficient (Wildman–Crippen LogP) is 3.53. The maximum absolute atomic E-state index is 4.08. The molecule has 0 aromatic rings. The second-order valence-electron chi connectivity index (χ2n) is 4.69. The minimum absolute atomic E-state index is 0.0894. The number of likely N-dealkylation sites (N-methyl/N-ethyl adjacent to an activating group) is 1. The van der Waals surface area contributed by atoms with Gasteiger partial charge in [-0.2, -0.15) is 0 Å². The molecule has 1 nitrogen and oxygen atoms in total. The van der Waals surface area contributed by atoms with Gasteiger partial charge in [-0.15, -0.1) is 0 Å². The molecule has 0 heterocycles. The van der Waals surface area contributed by atoms with Crippen molar-refractivity contribution in [1.29, 1.82) is 0 Å². The van der Waals surface area contributed by atoms with E-state index in [0.29, 0.717) is 0 Å². The Hall–Kier alpha value is -1.24. The summed E-state index contributed by atoms with van der Waals surface area (Å²) in [6.07, 6.45) is 7.48. The first kappa shape index (κ1) is 11.8. The molecule has 1 aliphatic carbocycles. The topological polar surface area (TPSA) is 3.24 Å². The van der Waals surface area contributed by atoms with Crippen LogP contribution in [0, 0.1) is 5.41 Å². The summed E-state index contributed by atoms with van der Waals surface area (Å²) in [5, 5.41) is 0. The van der Waals surface area contributed by atoms with E-state index in [0.717, 1.165) is 6.42 Å². The van der Waals surface area contributed by atoms with Gasteiger partial charge in [0, 0.05) is 25.2 Å². The first-order chi connectivity index (χ1) is 6.90. The maximum atomic E-state index is 4.08. The van der Waals surface area contributed by atoms with E-state index in [1.165, 1.54) is 16.8 Å². The number of rotatable bonds is 3. The highest BCUT2D eigenvalue weighted by molar-refractivity contribution is 5.44. The zero-order chi connectivity index (χ0) is 11.6. The molecule has 1 aliphatic rings. The fourth-order valence-electron chi connectivity index (χ4n) is 1.74. The van der Waals surface area contributed by atoms with Crippen LogP contribution in [0.1, 0.15) is 20.3 Å². The SMILES string of the molecule is C=CC1=CCC(C)(C(=C)C)C=C1N(C)C. The van der Waals surface area contributed by atoms with Crippen LogP contribution < -0.4 is 0 Å². The molecule has 0 radical (unpaired) electrons. The lowest BCUT2D eigenvalue weighted by molar-refractivity contribution is 0.459. The summed E-state index contributed by atoms with van der Waals surface area (Å²) in [7, 11) is 4.13. The summed E-state index contributed by atoms with van der Waals surface area (Å²) in [5.74, 6) is 0. The van der Waals surface area contributed by atoms with Gasteiger partial charge < -0.3 is 4.90 Å². The standard InChI is InChI=1S/C14H21N/c1-7-12-8-9-14(4,11(2)3)10-13(12)15(5)6/h7-8,10H,1-2,9H2,3-6H3. The Morgan fingerprint density at radius 3 is 2.53 bits per heavy atom. The Kier molecular flexibility index (Phi) is 3.23. The molecule has 0 spiro atoms. The molecule has 82 valence electrons. The summed E-state index contributed by atoms with van der Waals surface area (Å²) < 4.78 is 0. The molecule has 1 rings (SSSR count). The highest BCUT2D eigenvalue weighted by Crippen LogP contribution is 2.38. The van der Waals surface area contributed by atoms with Crippen LogP contribution >= 0.6 is 0 Å². The van der Waals surface area contributed by atoms with Gasteiger partial charge in [0.25, 0.3) is 0 Å². The van der Waals surface area contributed by atoms with Crippen molar-refractivity contribution in [2.24, 2.45) is 5.41 Å². The lowest BCUT2D eigenvalue weighted by Gasteiger charge is -2.33. The number of allylic oxidation sites excluding steroid dienone is 4. The normalized spacial score (nSPS) is 25.3. The van der Waals surface area contributed by atoms with Crippen molar-refractivity contribution in [1.82, 2.24) is 4.90 Å². The fraction of sp³-hybridized carbons (Fsp3) is 0.429. The van der Waals surface area contributed by atoms with Gasteiger partial charge in [0.2, 0.25) is 0 Å². The molecule has 15 heavy (non-hydrogen) atoms. The van der Waals surface area contributed by atoms with Gasteiger partial charge in [0.15, 0.2) is 0 Å². The van der Waals surface area contributed by atoms with E-state index < -0.39 is 0 Å². The number of hydrogen-bond acceptors (Lipinski definition) is 1. The van der Waals surface area contributed by atoms with Gasteiger partial charge in [-0.1, -0.05) is 43.9 Å². The molecule has 0 fully saturated rings. The van der Waals surface area contributed by atoms with Crippen LogP contribution in [0.15, 0.2) is 48.2 Å². The van der Waals surface area contributed by atoms with Crippen molar-refractivity contribution in [3.63, 3.8) is 0 Å². The Morgan fingerprint density at radius 2 is 2.13 bits per heavy atom. The van der Waals surface area contributed by atoms with Crippen LogP contribution in [0.25, 0.3) is 0 Å². The third kappa shape index (κ3) is 2.23. The van der Waals surface area contributed by atoms with E-state index in [2.05, 4.69) is 58.2 Å². The minimum atomic E-state index is 0.0894. The molecule has 0 saturated carbocycles. The first-order valence-corrected chi connectivity index (χ1v) is 5.30. The van der Waals surface area contributed by atoms with Crippen LogP contribution in [0.2, 0.25) is 0 Å². The van der Waals surface area contributed by atoms with Crippen LogP contribution in [-0.2, 0) is 0 Å². The summed E-state index contributed by atoms with van der Waals surface area (Å²) in [5.41, 5.74) is 3.76. The molecular weight excluding hydrogens is 182 g/mol. The van der Waals surface area contributed by atoms with E-state index in [4.69, 9.17) is 0 Å². The van der Waals surface area contributed by atoms with Gasteiger partial charge in [-0.25, -0.2) is 0 Å². The van der Waals surface area contributed by atoms with Gasteiger partial charge in [-0.05, 0) is 18.9 Å². The van der Waals surface area contributed by atoms with Crippen molar-refractivity contribution in [2.75, 3.05) is 14.1 Å². The molecular formula is C14H21N. The first-order valence-electron chi connectivity index (χ1n) is 5.30. The van der Waals surface area contributed by atoms with Crippen molar-refractivity contribution < 1.29 is 0 Å². The largest absolute Gasteiger partial charge is 0.377 e. The molecule has 0 aromatic heterocycles. The fourth-order valence-corrected chi connectivity index (χ4v) is 1.74. The van der Waals surface area contributed by atoms with Gasteiger partial charge >= 0.3 is 0 Å². The molecule has 1 atom stereocenters. The van der Waals surface area contributed by atoms with Gasteiger partial charge in [-0.3, -0.25) is 0 Å². The Labute approximate surface area is 93.5 Å². The zero-order valence-corrected chi connectivity index (χ0v) is 10.3. The predicted molar refractivity (Wildman–Crippen MR) is 67.6 cm³/mol. The monoisotopic (exact) mass is 203 g/mol. The second kappa shape index (κ2) is 4.09. The summed E-state index contributed by atoms with van der Waals surface area (Å²) in [4.78, 5) is 2.13. The highest BCUT2D eigenvalue weighted by atomic mass is 15.1. The lowest BCUT2D eigenvalue weighted by Crippen LogP contribution is -2.23. The van der Waals surface area contributed by atoms with Crippen molar-refractivity contribution in [3.8, 4) is 0 Å². The molecule has 0 amide bonds. The summed E-state index contributed by atoms with van der Waals surface area (Å²) in [6, 6.07) is 0. The average Bonchev–Trinajstić information content (AvgIpc) is 2.17. The van der Waals surface area contributed by atoms with Crippen LogP contribution in [0.3, 0.4) is 0 Å². The van der Waals surface area contributed by atoms with Gasteiger partial charge in [0.1, 0.15) is 0 Å². The van der Waals surface area contributed by atoms with Crippen LogP contribution in [0.5, 0.6) is 0 Å². The second-order valence-corrected chi connectivity index (χ2v) is 4.69. The highest BCUT2D eigenvalue weighted by Gasteiger charge is 2.26. The summed E-state index contributed by atoms with van der Waals surface area (Å²) >= 11 is 0. The molecule has 0 N–H and O–H groups in total. The minimum Gasteiger partial charge on any atom is -0.377 e. The third-order valence-corrected chi connectivity index (χ3v) is 3.17. The average molecular weight is 203 g/mol. The van der Waals surface area contributed by atoms with Crippen molar-refractivity contribution in [2.45, 2.75) is 20.3 Å². The van der Waals surface area contributed by atoms with Crippen LogP contribution in [-0.4, -0.2) is 19.0 Å². The molecule has 0 bridgehead atoms. The summed E-state index contributed by atoms with van der Waals surface area (Å²) in [6.45, 7) is 12.3. The van der Waals surface area contributed by atoms with Crippen molar-refractivity contribution in [3.05, 3.63) is 48.2 Å². The Balaban J connectivity index is 3.14. The quantitative estimate of drug-likeness (QED) is 0.634. The smallest absolute Gasteiger partial charge is 0.0399 e. The van der Waals surface area contributed by atoms with E-state index in [1.807, 2.05) is 6.08 Å². The van der Waals surface area contributed by atoms with E-state index in [-0.39, 0.29) is 5.41 Å². The number of nitrogens with zero attached hydrogens (tertiary/aromatic N) is 1. The Morgan fingerprint density at radius 1 is 1.53 bits per heavy atom. The molecule has 1 heteroatoms. The zero-order valence-electron chi connectivity index (χ0n) is 10.3. The molecule has 0 aromatic carbocycles. The van der Waals surface area contributed by atoms with E-state index >= 15 is 0 Å². The van der Waals surface area contributed by atoms with Gasteiger partial charge in [0.05, 0.1) is 0 Å². The lowest BCUT2D eigenvalue weighted by atomic mass is 9.76. The Bertz CT molecular complexity index is 344. The molecule has 0 saturated heterocycles.